The average Bonchev–Trinajstić information content (AvgIpc) is 2.76. The van der Waals surface area contributed by atoms with Crippen LogP contribution in [0.5, 0.6) is 0 Å². The molecule has 2 aromatic heterocycles. The summed E-state index contributed by atoms with van der Waals surface area (Å²) in [5, 5.41) is 9.69. The Hall–Kier alpha value is -1.55. The Morgan fingerprint density at radius 2 is 2.21 bits per heavy atom. The predicted molar refractivity (Wildman–Crippen MR) is 76.3 cm³/mol. The molecule has 102 valence electrons. The van der Waals surface area contributed by atoms with Gasteiger partial charge >= 0.3 is 0 Å². The van der Waals surface area contributed by atoms with Gasteiger partial charge in [0.05, 0.1) is 12.3 Å². The minimum Gasteiger partial charge on any atom is -0.390 e. The lowest BCUT2D eigenvalue weighted by atomic mass is 9.93. The zero-order chi connectivity index (χ0) is 13.4. The smallest absolute Gasteiger partial charge is 0.153 e. The SMILES string of the molecule is CC1CCN(c2nc3ccccn3c2CO)C(C)C1. The molecule has 2 unspecified atom stereocenters. The van der Waals surface area contributed by atoms with E-state index < -0.39 is 0 Å². The van der Waals surface area contributed by atoms with E-state index in [2.05, 4.69) is 18.7 Å². The molecule has 0 saturated carbocycles. The summed E-state index contributed by atoms with van der Waals surface area (Å²) in [5.41, 5.74) is 1.81. The van der Waals surface area contributed by atoms with E-state index in [1.807, 2.05) is 28.8 Å². The van der Waals surface area contributed by atoms with Crippen LogP contribution in [0.25, 0.3) is 5.65 Å². The molecule has 1 N–H and O–H groups in total. The molecule has 1 aliphatic rings. The molecule has 0 aliphatic carbocycles. The van der Waals surface area contributed by atoms with Crippen LogP contribution in [-0.4, -0.2) is 27.1 Å². The molecular formula is C15H21N3O. The molecule has 0 radical (unpaired) electrons. The predicted octanol–water partition coefficient (Wildman–Crippen LogP) is 2.45. The third kappa shape index (κ3) is 2.10. The topological polar surface area (TPSA) is 40.8 Å². The van der Waals surface area contributed by atoms with Crippen LogP contribution >= 0.6 is 0 Å². The number of hydrogen-bond donors (Lipinski definition) is 1. The maximum absolute atomic E-state index is 9.69. The highest BCUT2D eigenvalue weighted by Gasteiger charge is 2.27. The second-order valence-electron chi connectivity index (χ2n) is 5.64. The number of nitrogens with zero attached hydrogens (tertiary/aromatic N) is 3. The number of piperidine rings is 1. The van der Waals surface area contributed by atoms with Crippen molar-refractivity contribution < 1.29 is 5.11 Å². The van der Waals surface area contributed by atoms with E-state index in [-0.39, 0.29) is 6.61 Å². The molecule has 19 heavy (non-hydrogen) atoms. The first-order chi connectivity index (χ1) is 9.20. The van der Waals surface area contributed by atoms with Crippen molar-refractivity contribution in [3.8, 4) is 0 Å². The van der Waals surface area contributed by atoms with Crippen LogP contribution in [0.2, 0.25) is 0 Å². The monoisotopic (exact) mass is 259 g/mol. The molecule has 2 atom stereocenters. The molecule has 0 amide bonds. The van der Waals surface area contributed by atoms with Gasteiger partial charge in [-0.2, -0.15) is 0 Å². The number of aromatic nitrogens is 2. The van der Waals surface area contributed by atoms with Crippen LogP contribution in [-0.2, 0) is 6.61 Å². The van der Waals surface area contributed by atoms with Gasteiger partial charge in [0.1, 0.15) is 5.65 Å². The fourth-order valence-electron chi connectivity index (χ4n) is 3.13. The van der Waals surface area contributed by atoms with E-state index in [1.54, 1.807) is 0 Å². The van der Waals surface area contributed by atoms with Crippen LogP contribution in [0.3, 0.4) is 0 Å². The van der Waals surface area contributed by atoms with E-state index in [4.69, 9.17) is 4.98 Å². The lowest BCUT2D eigenvalue weighted by molar-refractivity contribution is 0.275. The number of anilines is 1. The normalized spacial score (nSPS) is 24.1. The van der Waals surface area contributed by atoms with Crippen molar-refractivity contribution in [3.05, 3.63) is 30.1 Å². The summed E-state index contributed by atoms with van der Waals surface area (Å²) in [6.45, 7) is 5.61. The quantitative estimate of drug-likeness (QED) is 0.900. The highest BCUT2D eigenvalue weighted by molar-refractivity contribution is 5.56. The summed E-state index contributed by atoms with van der Waals surface area (Å²) in [7, 11) is 0. The van der Waals surface area contributed by atoms with Gasteiger partial charge in [-0.05, 0) is 37.8 Å². The lowest BCUT2D eigenvalue weighted by Gasteiger charge is -2.37. The van der Waals surface area contributed by atoms with Crippen LogP contribution in [0, 0.1) is 5.92 Å². The fourth-order valence-corrected chi connectivity index (χ4v) is 3.13. The van der Waals surface area contributed by atoms with Gasteiger partial charge in [0.15, 0.2) is 5.82 Å². The van der Waals surface area contributed by atoms with Gasteiger partial charge in [-0.15, -0.1) is 0 Å². The van der Waals surface area contributed by atoms with E-state index >= 15 is 0 Å². The summed E-state index contributed by atoms with van der Waals surface area (Å²) in [6.07, 6.45) is 4.36. The molecule has 3 heterocycles. The number of fused-ring (bicyclic) bond motifs is 1. The summed E-state index contributed by atoms with van der Waals surface area (Å²) in [4.78, 5) is 7.06. The molecule has 1 aliphatic heterocycles. The minimum atomic E-state index is 0.0271. The molecular weight excluding hydrogens is 238 g/mol. The molecule has 1 saturated heterocycles. The molecule has 0 bridgehead atoms. The van der Waals surface area contributed by atoms with Crippen molar-refractivity contribution in [3.63, 3.8) is 0 Å². The van der Waals surface area contributed by atoms with E-state index in [0.29, 0.717) is 6.04 Å². The van der Waals surface area contributed by atoms with Crippen LogP contribution in [0.1, 0.15) is 32.4 Å². The van der Waals surface area contributed by atoms with Gasteiger partial charge in [-0.3, -0.25) is 4.40 Å². The molecule has 1 fully saturated rings. The van der Waals surface area contributed by atoms with E-state index in [1.165, 1.54) is 12.8 Å². The Labute approximate surface area is 113 Å². The van der Waals surface area contributed by atoms with Crippen LogP contribution in [0.15, 0.2) is 24.4 Å². The second-order valence-corrected chi connectivity index (χ2v) is 5.64. The largest absolute Gasteiger partial charge is 0.390 e. The van der Waals surface area contributed by atoms with Crippen LogP contribution in [0.4, 0.5) is 5.82 Å². The first-order valence-electron chi connectivity index (χ1n) is 7.04. The third-order valence-corrected chi connectivity index (χ3v) is 4.17. The van der Waals surface area contributed by atoms with Gasteiger partial charge in [0.25, 0.3) is 0 Å². The number of imidazole rings is 1. The van der Waals surface area contributed by atoms with Crippen molar-refractivity contribution in [2.45, 2.75) is 39.3 Å². The summed E-state index contributed by atoms with van der Waals surface area (Å²) >= 11 is 0. The van der Waals surface area contributed by atoms with Gasteiger partial charge < -0.3 is 10.0 Å². The lowest BCUT2D eigenvalue weighted by Crippen LogP contribution is -2.41. The zero-order valence-electron chi connectivity index (χ0n) is 11.6. The Bertz CT molecular complexity index is 578. The molecule has 4 heteroatoms. The maximum Gasteiger partial charge on any atom is 0.153 e. The summed E-state index contributed by atoms with van der Waals surface area (Å²) in [6, 6.07) is 6.42. The minimum absolute atomic E-state index is 0.0271. The number of aliphatic hydroxyl groups is 1. The molecule has 3 rings (SSSR count). The fraction of sp³-hybridized carbons (Fsp3) is 0.533. The van der Waals surface area contributed by atoms with Crippen molar-refractivity contribution in [1.82, 2.24) is 9.38 Å². The molecule has 4 nitrogen and oxygen atoms in total. The number of rotatable bonds is 2. The van der Waals surface area contributed by atoms with E-state index in [9.17, 15) is 5.11 Å². The second kappa shape index (κ2) is 4.85. The van der Waals surface area contributed by atoms with Crippen molar-refractivity contribution >= 4 is 11.5 Å². The van der Waals surface area contributed by atoms with Crippen molar-refractivity contribution in [2.75, 3.05) is 11.4 Å². The Morgan fingerprint density at radius 1 is 1.37 bits per heavy atom. The van der Waals surface area contributed by atoms with Crippen LogP contribution < -0.4 is 4.90 Å². The molecule has 0 aromatic carbocycles. The molecule has 2 aromatic rings. The zero-order valence-corrected chi connectivity index (χ0v) is 11.6. The van der Waals surface area contributed by atoms with Crippen molar-refractivity contribution in [1.29, 1.82) is 0 Å². The number of aliphatic hydroxyl groups excluding tert-OH is 1. The summed E-state index contributed by atoms with van der Waals surface area (Å²) < 4.78 is 1.99. The number of pyridine rings is 1. The van der Waals surface area contributed by atoms with E-state index in [0.717, 1.165) is 29.6 Å². The number of hydrogen-bond acceptors (Lipinski definition) is 3. The Kier molecular flexibility index (Phi) is 3.19. The van der Waals surface area contributed by atoms with Gasteiger partial charge in [-0.1, -0.05) is 13.0 Å². The van der Waals surface area contributed by atoms with Gasteiger partial charge in [0, 0.05) is 18.8 Å². The molecule has 0 spiro atoms. The summed E-state index contributed by atoms with van der Waals surface area (Å²) in [5.74, 6) is 1.73. The Balaban J connectivity index is 2.04. The third-order valence-electron chi connectivity index (χ3n) is 4.17. The first-order valence-corrected chi connectivity index (χ1v) is 7.04. The van der Waals surface area contributed by atoms with Crippen molar-refractivity contribution in [2.24, 2.45) is 5.92 Å². The van der Waals surface area contributed by atoms with Gasteiger partial charge in [-0.25, -0.2) is 4.98 Å². The standard InChI is InChI=1S/C15H21N3O/c1-11-6-8-17(12(2)9-11)15-13(10-19)18-7-4-3-5-14(18)16-15/h3-5,7,11-12,19H,6,8-10H2,1-2H3. The highest BCUT2D eigenvalue weighted by Crippen LogP contribution is 2.30. The Morgan fingerprint density at radius 3 is 2.95 bits per heavy atom. The first kappa shape index (κ1) is 12.5. The van der Waals surface area contributed by atoms with Gasteiger partial charge in [0.2, 0.25) is 0 Å². The highest BCUT2D eigenvalue weighted by atomic mass is 16.3. The maximum atomic E-state index is 9.69. The average molecular weight is 259 g/mol.